The van der Waals surface area contributed by atoms with Gasteiger partial charge in [0.05, 0.1) is 12.5 Å². The lowest BCUT2D eigenvalue weighted by atomic mass is 10.2. The molecule has 1 atom stereocenters. The van der Waals surface area contributed by atoms with Gasteiger partial charge in [0, 0.05) is 6.54 Å². The van der Waals surface area contributed by atoms with Crippen molar-refractivity contribution in [2.45, 2.75) is 32.3 Å². The van der Waals surface area contributed by atoms with Crippen LogP contribution < -0.4 is 5.32 Å². The van der Waals surface area contributed by atoms with Crippen molar-refractivity contribution in [2.24, 2.45) is 0 Å². The van der Waals surface area contributed by atoms with E-state index in [4.69, 9.17) is 10.2 Å². The molecule has 0 aliphatic heterocycles. The molecule has 4 heteroatoms. The van der Waals surface area contributed by atoms with Gasteiger partial charge in [-0.05, 0) is 26.3 Å². The van der Waals surface area contributed by atoms with E-state index in [-0.39, 0.29) is 12.5 Å². The Balaban J connectivity index is 2.96. The van der Waals surface area contributed by atoms with E-state index in [1.807, 2.05) is 0 Å². The molecule has 3 N–H and O–H groups in total. The van der Waals surface area contributed by atoms with Crippen molar-refractivity contribution in [1.29, 1.82) is 0 Å². The lowest BCUT2D eigenvalue weighted by molar-refractivity contribution is -0.136. The first-order valence-corrected chi connectivity index (χ1v) is 4.23. The van der Waals surface area contributed by atoms with Crippen LogP contribution in [-0.4, -0.2) is 35.4 Å². The highest BCUT2D eigenvalue weighted by atomic mass is 16.4. The fraction of sp³-hybridized carbons (Fsp3) is 0.875. The topological polar surface area (TPSA) is 69.6 Å². The summed E-state index contributed by atoms with van der Waals surface area (Å²) in [5, 5.41) is 20.1. The van der Waals surface area contributed by atoms with Crippen LogP contribution in [0.2, 0.25) is 0 Å². The number of rotatable bonds is 7. The van der Waals surface area contributed by atoms with Crippen LogP contribution in [0.5, 0.6) is 0 Å². The Kier molecular flexibility index (Phi) is 6.70. The van der Waals surface area contributed by atoms with E-state index in [2.05, 4.69) is 5.32 Å². The monoisotopic (exact) mass is 175 g/mol. The van der Waals surface area contributed by atoms with Crippen molar-refractivity contribution in [1.82, 2.24) is 5.32 Å². The summed E-state index contributed by atoms with van der Waals surface area (Å²) in [6.07, 6.45) is 1.55. The fourth-order valence-corrected chi connectivity index (χ4v) is 0.843. The molecule has 0 bridgehead atoms. The van der Waals surface area contributed by atoms with Gasteiger partial charge < -0.3 is 15.5 Å². The standard InChI is InChI=1S/C8H17NO3/c1-7(10)3-2-5-9-6-4-8(11)12/h7,9-10H,2-6H2,1H3,(H,11,12). The fourth-order valence-electron chi connectivity index (χ4n) is 0.843. The Morgan fingerprint density at radius 2 is 2.17 bits per heavy atom. The zero-order valence-electron chi connectivity index (χ0n) is 7.42. The molecule has 0 aromatic carbocycles. The van der Waals surface area contributed by atoms with Gasteiger partial charge in [-0.25, -0.2) is 0 Å². The van der Waals surface area contributed by atoms with Crippen molar-refractivity contribution in [3.8, 4) is 0 Å². The average molecular weight is 175 g/mol. The third-order valence-electron chi connectivity index (χ3n) is 1.49. The Morgan fingerprint density at radius 3 is 2.67 bits per heavy atom. The molecular weight excluding hydrogens is 158 g/mol. The van der Waals surface area contributed by atoms with E-state index in [0.717, 1.165) is 19.4 Å². The van der Waals surface area contributed by atoms with Crippen LogP contribution in [0.4, 0.5) is 0 Å². The minimum absolute atomic E-state index is 0.161. The molecule has 0 fully saturated rings. The SMILES string of the molecule is CC(O)CCCNCCC(=O)O. The van der Waals surface area contributed by atoms with Crippen molar-refractivity contribution in [3.05, 3.63) is 0 Å². The predicted molar refractivity (Wildman–Crippen MR) is 46.0 cm³/mol. The summed E-state index contributed by atoms with van der Waals surface area (Å²) < 4.78 is 0. The molecule has 1 unspecified atom stereocenters. The smallest absolute Gasteiger partial charge is 0.304 e. The molecule has 0 heterocycles. The number of carbonyl (C=O) groups is 1. The number of carboxylic acids is 1. The summed E-state index contributed by atoms with van der Waals surface area (Å²) >= 11 is 0. The molecular formula is C8H17NO3. The van der Waals surface area contributed by atoms with Crippen LogP contribution in [0, 0.1) is 0 Å². The quantitative estimate of drug-likeness (QED) is 0.484. The van der Waals surface area contributed by atoms with E-state index in [1.54, 1.807) is 6.92 Å². The van der Waals surface area contributed by atoms with Crippen LogP contribution in [0.3, 0.4) is 0 Å². The number of hydrogen-bond acceptors (Lipinski definition) is 3. The Morgan fingerprint density at radius 1 is 1.50 bits per heavy atom. The minimum atomic E-state index is -0.780. The first kappa shape index (κ1) is 11.4. The van der Waals surface area contributed by atoms with Crippen molar-refractivity contribution in [2.75, 3.05) is 13.1 Å². The van der Waals surface area contributed by atoms with E-state index in [9.17, 15) is 4.79 Å². The zero-order valence-corrected chi connectivity index (χ0v) is 7.42. The molecule has 0 radical (unpaired) electrons. The molecule has 12 heavy (non-hydrogen) atoms. The van der Waals surface area contributed by atoms with Crippen molar-refractivity contribution >= 4 is 5.97 Å². The third-order valence-corrected chi connectivity index (χ3v) is 1.49. The third kappa shape index (κ3) is 9.39. The van der Waals surface area contributed by atoms with Gasteiger partial charge in [0.1, 0.15) is 0 Å². The largest absolute Gasteiger partial charge is 0.481 e. The molecule has 0 aromatic rings. The summed E-state index contributed by atoms with van der Waals surface area (Å²) in [5.41, 5.74) is 0. The van der Waals surface area contributed by atoms with Crippen LogP contribution in [0.15, 0.2) is 0 Å². The van der Waals surface area contributed by atoms with Gasteiger partial charge in [-0.2, -0.15) is 0 Å². The maximum absolute atomic E-state index is 10.1. The molecule has 72 valence electrons. The first-order chi connectivity index (χ1) is 5.63. The Bertz CT molecular complexity index is 125. The average Bonchev–Trinajstić information content (AvgIpc) is 1.95. The summed E-state index contributed by atoms with van der Waals surface area (Å²) in [7, 11) is 0. The minimum Gasteiger partial charge on any atom is -0.481 e. The summed E-state index contributed by atoms with van der Waals surface area (Å²) in [4.78, 5) is 10.1. The highest BCUT2D eigenvalue weighted by Gasteiger charge is 1.96. The second-order valence-electron chi connectivity index (χ2n) is 2.88. The van der Waals surface area contributed by atoms with Gasteiger partial charge in [0.25, 0.3) is 0 Å². The van der Waals surface area contributed by atoms with Gasteiger partial charge >= 0.3 is 5.97 Å². The molecule has 0 amide bonds. The van der Waals surface area contributed by atoms with Gasteiger partial charge in [-0.1, -0.05) is 0 Å². The van der Waals surface area contributed by atoms with E-state index >= 15 is 0 Å². The summed E-state index contributed by atoms with van der Waals surface area (Å²) in [6.45, 7) is 3.03. The molecule has 0 saturated carbocycles. The van der Waals surface area contributed by atoms with Gasteiger partial charge in [-0.3, -0.25) is 4.79 Å². The van der Waals surface area contributed by atoms with Gasteiger partial charge in [0.2, 0.25) is 0 Å². The lowest BCUT2D eigenvalue weighted by Crippen LogP contribution is -2.20. The molecule has 0 aliphatic rings. The number of aliphatic carboxylic acids is 1. The zero-order chi connectivity index (χ0) is 9.40. The van der Waals surface area contributed by atoms with Crippen LogP contribution in [-0.2, 0) is 4.79 Å². The van der Waals surface area contributed by atoms with Crippen LogP contribution in [0.25, 0.3) is 0 Å². The Labute approximate surface area is 72.6 Å². The maximum atomic E-state index is 10.1. The van der Waals surface area contributed by atoms with Crippen LogP contribution >= 0.6 is 0 Å². The second kappa shape index (κ2) is 7.06. The van der Waals surface area contributed by atoms with Gasteiger partial charge in [0.15, 0.2) is 0 Å². The number of nitrogens with one attached hydrogen (secondary N) is 1. The number of hydrogen-bond donors (Lipinski definition) is 3. The van der Waals surface area contributed by atoms with Crippen molar-refractivity contribution < 1.29 is 15.0 Å². The normalized spacial score (nSPS) is 12.8. The van der Waals surface area contributed by atoms with E-state index < -0.39 is 5.97 Å². The highest BCUT2D eigenvalue weighted by molar-refractivity contribution is 5.66. The molecule has 4 nitrogen and oxygen atoms in total. The molecule has 0 spiro atoms. The van der Waals surface area contributed by atoms with Crippen LogP contribution in [0.1, 0.15) is 26.2 Å². The second-order valence-corrected chi connectivity index (χ2v) is 2.88. The molecule has 0 rings (SSSR count). The number of aliphatic hydroxyl groups is 1. The van der Waals surface area contributed by atoms with E-state index in [1.165, 1.54) is 0 Å². The molecule has 0 aromatic heterocycles. The van der Waals surface area contributed by atoms with E-state index in [0.29, 0.717) is 6.54 Å². The Hall–Kier alpha value is -0.610. The molecule has 0 saturated heterocycles. The summed E-state index contributed by atoms with van der Waals surface area (Å²) in [5.74, 6) is -0.780. The maximum Gasteiger partial charge on any atom is 0.304 e. The number of aliphatic hydroxyl groups excluding tert-OH is 1. The van der Waals surface area contributed by atoms with Crippen molar-refractivity contribution in [3.63, 3.8) is 0 Å². The first-order valence-electron chi connectivity index (χ1n) is 4.23. The predicted octanol–water partition coefficient (Wildman–Crippen LogP) is 0.212. The lowest BCUT2D eigenvalue weighted by Gasteiger charge is -2.04. The highest BCUT2D eigenvalue weighted by Crippen LogP contribution is 1.93. The molecule has 0 aliphatic carbocycles. The summed E-state index contributed by atoms with van der Waals surface area (Å²) in [6, 6.07) is 0. The number of carboxylic acid groups (broad SMARTS) is 1. The van der Waals surface area contributed by atoms with Gasteiger partial charge in [-0.15, -0.1) is 0 Å².